The summed E-state index contributed by atoms with van der Waals surface area (Å²) in [7, 11) is 0. The van der Waals surface area contributed by atoms with Crippen molar-refractivity contribution in [1.29, 1.82) is 5.26 Å². The van der Waals surface area contributed by atoms with Crippen LogP contribution in [-0.2, 0) is 11.2 Å². The molecule has 1 amide bonds. The first-order valence-corrected chi connectivity index (χ1v) is 6.59. The van der Waals surface area contributed by atoms with Gasteiger partial charge in [-0.1, -0.05) is 19.9 Å². The van der Waals surface area contributed by atoms with Crippen LogP contribution in [0.15, 0.2) is 18.2 Å². The van der Waals surface area contributed by atoms with E-state index in [0.29, 0.717) is 25.1 Å². The molecule has 1 aliphatic heterocycles. The molecule has 1 aliphatic rings. The van der Waals surface area contributed by atoms with E-state index < -0.39 is 5.41 Å². The van der Waals surface area contributed by atoms with Crippen LogP contribution in [-0.4, -0.2) is 12.5 Å². The average molecular weight is 260 g/mol. The zero-order chi connectivity index (χ0) is 14.0. The topological polar surface area (TPSA) is 44.1 Å². The largest absolute Gasteiger partial charge is 0.310 e. The Hall–Kier alpha value is -1.89. The van der Waals surface area contributed by atoms with Crippen molar-refractivity contribution >= 4 is 11.6 Å². The summed E-state index contributed by atoms with van der Waals surface area (Å²) in [6.45, 7) is 4.21. The Balaban J connectivity index is 2.39. The highest BCUT2D eigenvalue weighted by Crippen LogP contribution is 2.35. The minimum Gasteiger partial charge on any atom is -0.310 e. The first-order chi connectivity index (χ1) is 9.07. The molecule has 1 heterocycles. The van der Waals surface area contributed by atoms with Crippen LogP contribution in [0.25, 0.3) is 0 Å². The number of carbonyl (C=O) groups is 1. The summed E-state index contributed by atoms with van der Waals surface area (Å²) in [4.78, 5) is 14.2. The maximum atomic E-state index is 13.3. The zero-order valence-corrected chi connectivity index (χ0v) is 11.2. The minimum atomic E-state index is -0.992. The lowest BCUT2D eigenvalue weighted by molar-refractivity contribution is -0.125. The van der Waals surface area contributed by atoms with Crippen molar-refractivity contribution in [2.24, 2.45) is 5.41 Å². The van der Waals surface area contributed by atoms with Gasteiger partial charge in [0.15, 0.2) is 0 Å². The lowest BCUT2D eigenvalue weighted by atomic mass is 9.82. The fraction of sp³-hybridized carbons (Fsp3) is 0.467. The minimum absolute atomic E-state index is 0.204. The third kappa shape index (κ3) is 2.10. The molecule has 19 heavy (non-hydrogen) atoms. The van der Waals surface area contributed by atoms with E-state index >= 15 is 0 Å². The number of nitrogens with zero attached hydrogens (tertiary/aromatic N) is 2. The number of hydrogen-bond donors (Lipinski definition) is 0. The van der Waals surface area contributed by atoms with E-state index in [-0.39, 0.29) is 11.7 Å². The number of hydrogen-bond acceptors (Lipinski definition) is 2. The molecule has 2 rings (SSSR count). The van der Waals surface area contributed by atoms with Gasteiger partial charge in [-0.15, -0.1) is 0 Å². The third-order valence-corrected chi connectivity index (χ3v) is 4.02. The lowest BCUT2D eigenvalue weighted by Gasteiger charge is -2.28. The molecule has 0 saturated heterocycles. The first-order valence-electron chi connectivity index (χ1n) is 6.59. The molecule has 0 radical (unpaired) electrons. The molecule has 1 aromatic carbocycles. The van der Waals surface area contributed by atoms with Crippen molar-refractivity contribution < 1.29 is 9.18 Å². The van der Waals surface area contributed by atoms with Crippen molar-refractivity contribution in [3.05, 3.63) is 29.6 Å². The van der Waals surface area contributed by atoms with Crippen molar-refractivity contribution in [1.82, 2.24) is 0 Å². The van der Waals surface area contributed by atoms with Gasteiger partial charge in [0.1, 0.15) is 11.2 Å². The summed E-state index contributed by atoms with van der Waals surface area (Å²) in [5, 5.41) is 9.34. The van der Waals surface area contributed by atoms with Gasteiger partial charge in [-0.2, -0.15) is 5.26 Å². The normalized spacial score (nSPS) is 14.1. The van der Waals surface area contributed by atoms with Crippen LogP contribution in [0.4, 0.5) is 10.1 Å². The second kappa shape index (κ2) is 5.00. The highest BCUT2D eigenvalue weighted by molar-refractivity contribution is 6.00. The fourth-order valence-electron chi connectivity index (χ4n) is 2.58. The number of rotatable bonds is 3. The van der Waals surface area contributed by atoms with Gasteiger partial charge in [-0.25, -0.2) is 4.39 Å². The Kier molecular flexibility index (Phi) is 3.57. The van der Waals surface area contributed by atoms with Crippen molar-refractivity contribution in [2.45, 2.75) is 33.1 Å². The summed E-state index contributed by atoms with van der Waals surface area (Å²) in [6.07, 6.45) is 1.66. The molecule has 1 aromatic rings. The molecule has 4 heteroatoms. The predicted molar refractivity (Wildman–Crippen MR) is 71.1 cm³/mol. The number of anilines is 1. The highest BCUT2D eigenvalue weighted by Gasteiger charge is 2.40. The van der Waals surface area contributed by atoms with Gasteiger partial charge in [-0.05, 0) is 37.0 Å². The molecule has 0 aliphatic carbocycles. The van der Waals surface area contributed by atoms with E-state index in [4.69, 9.17) is 0 Å². The number of fused-ring (bicyclic) bond motifs is 1. The van der Waals surface area contributed by atoms with Gasteiger partial charge >= 0.3 is 0 Å². The van der Waals surface area contributed by atoms with Gasteiger partial charge in [0, 0.05) is 12.2 Å². The van der Waals surface area contributed by atoms with Crippen LogP contribution < -0.4 is 4.90 Å². The number of benzene rings is 1. The maximum absolute atomic E-state index is 13.3. The van der Waals surface area contributed by atoms with E-state index in [9.17, 15) is 14.4 Å². The molecule has 0 bridgehead atoms. The maximum Gasteiger partial charge on any atom is 0.247 e. The van der Waals surface area contributed by atoms with E-state index in [0.717, 1.165) is 12.0 Å². The Morgan fingerprint density at radius 1 is 1.47 bits per heavy atom. The number of halogens is 1. The molecule has 0 N–H and O–H groups in total. The van der Waals surface area contributed by atoms with Crippen LogP contribution in [0.5, 0.6) is 0 Å². The molecule has 0 unspecified atom stereocenters. The van der Waals surface area contributed by atoms with E-state index in [1.54, 1.807) is 11.0 Å². The SMILES string of the molecule is CCC(C#N)(CC)C(=O)N1CCc2ccc(F)cc21. The second-order valence-electron chi connectivity index (χ2n) is 4.88. The van der Waals surface area contributed by atoms with Crippen LogP contribution in [0, 0.1) is 22.6 Å². The van der Waals surface area contributed by atoms with Gasteiger partial charge < -0.3 is 4.90 Å². The van der Waals surface area contributed by atoms with Crippen molar-refractivity contribution in [3.63, 3.8) is 0 Å². The summed E-state index contributed by atoms with van der Waals surface area (Å²) >= 11 is 0. The van der Waals surface area contributed by atoms with Gasteiger partial charge in [0.2, 0.25) is 5.91 Å². The van der Waals surface area contributed by atoms with Crippen molar-refractivity contribution in [2.75, 3.05) is 11.4 Å². The highest BCUT2D eigenvalue weighted by atomic mass is 19.1. The van der Waals surface area contributed by atoms with Crippen LogP contribution in [0.1, 0.15) is 32.3 Å². The molecule has 3 nitrogen and oxygen atoms in total. The monoisotopic (exact) mass is 260 g/mol. The standard InChI is InChI=1S/C15H17FN2O/c1-3-15(4-2,10-17)14(19)18-8-7-11-5-6-12(16)9-13(11)18/h5-6,9H,3-4,7-8H2,1-2H3. The number of amides is 1. The Labute approximate surface area is 112 Å². The van der Waals surface area contributed by atoms with E-state index in [2.05, 4.69) is 6.07 Å². The second-order valence-corrected chi connectivity index (χ2v) is 4.88. The zero-order valence-electron chi connectivity index (χ0n) is 11.2. The third-order valence-electron chi connectivity index (χ3n) is 4.02. The molecule has 0 saturated carbocycles. The average Bonchev–Trinajstić information content (AvgIpc) is 2.84. The van der Waals surface area contributed by atoms with Gasteiger partial charge in [-0.3, -0.25) is 4.79 Å². The van der Waals surface area contributed by atoms with Gasteiger partial charge in [0.25, 0.3) is 0 Å². The van der Waals surface area contributed by atoms with E-state index in [1.807, 2.05) is 13.8 Å². The van der Waals surface area contributed by atoms with Crippen LogP contribution in [0.3, 0.4) is 0 Å². The number of nitriles is 1. The summed E-state index contributed by atoms with van der Waals surface area (Å²) < 4.78 is 13.3. The van der Waals surface area contributed by atoms with E-state index in [1.165, 1.54) is 12.1 Å². The molecular weight excluding hydrogens is 243 g/mol. The Morgan fingerprint density at radius 3 is 2.74 bits per heavy atom. The molecule has 100 valence electrons. The lowest BCUT2D eigenvalue weighted by Crippen LogP contribution is -2.42. The molecule has 0 atom stereocenters. The number of carbonyl (C=O) groups excluding carboxylic acids is 1. The molecule has 0 fully saturated rings. The quantitative estimate of drug-likeness (QED) is 0.838. The summed E-state index contributed by atoms with van der Waals surface area (Å²) in [5.74, 6) is -0.557. The molecular formula is C15H17FN2O. The Morgan fingerprint density at radius 2 is 2.16 bits per heavy atom. The predicted octanol–water partition coefficient (Wildman–Crippen LogP) is 3.04. The molecule has 0 spiro atoms. The summed E-state index contributed by atoms with van der Waals surface area (Å²) in [6, 6.07) is 6.65. The van der Waals surface area contributed by atoms with Crippen LogP contribution >= 0.6 is 0 Å². The summed E-state index contributed by atoms with van der Waals surface area (Å²) in [5.41, 5.74) is 0.591. The van der Waals surface area contributed by atoms with Gasteiger partial charge in [0.05, 0.1) is 6.07 Å². The first kappa shape index (κ1) is 13.5. The van der Waals surface area contributed by atoms with Crippen molar-refractivity contribution in [3.8, 4) is 6.07 Å². The fourth-order valence-corrected chi connectivity index (χ4v) is 2.58. The van der Waals surface area contributed by atoms with Crippen LogP contribution in [0.2, 0.25) is 0 Å². The molecule has 0 aromatic heterocycles. The smallest absolute Gasteiger partial charge is 0.247 e. The Bertz CT molecular complexity index is 544.